The molecule has 0 aromatic rings. The minimum Gasteiger partial charge on any atom is -0.342 e. The quantitative estimate of drug-likeness (QED) is 0.513. The lowest BCUT2D eigenvalue weighted by Crippen LogP contribution is -2.23. The average molecular weight is 151 g/mol. The summed E-state index contributed by atoms with van der Waals surface area (Å²) in [7, 11) is -2.47. The van der Waals surface area contributed by atoms with E-state index in [0.29, 0.717) is 6.42 Å². The maximum Gasteiger partial charge on any atom is 0.220 e. The second kappa shape index (κ2) is 4.31. The molecule has 0 aliphatic rings. The zero-order chi connectivity index (χ0) is 7.28. The Labute approximate surface area is 55.2 Å². The summed E-state index contributed by atoms with van der Waals surface area (Å²) < 4.78 is 19.7. The summed E-state index contributed by atoms with van der Waals surface area (Å²) in [5.41, 5.74) is 0. The van der Waals surface area contributed by atoms with E-state index in [1.165, 1.54) is 0 Å². The van der Waals surface area contributed by atoms with E-state index in [1.54, 1.807) is 6.92 Å². The molecule has 0 atom stereocenters. The Kier molecular flexibility index (Phi) is 4.04. The lowest BCUT2D eigenvalue weighted by Gasteiger charge is -1.93. The van der Waals surface area contributed by atoms with E-state index in [0.717, 1.165) is 0 Å². The molecule has 1 amide bonds. The first-order valence-corrected chi connectivity index (χ1v) is 3.91. The molecule has 0 heterocycles. The molecule has 0 rings (SSSR count). The van der Waals surface area contributed by atoms with Crippen LogP contribution in [0.2, 0.25) is 0 Å². The van der Waals surface area contributed by atoms with Crippen LogP contribution >= 0.6 is 0 Å². The highest BCUT2D eigenvalue weighted by atomic mass is 32.2. The standard InChI is InChI=1S/C4H9NO3S/c1-2-4(6)5-3-9(7)8/h9H,2-3H2,1H3,(H,5,6). The molecule has 9 heavy (non-hydrogen) atoms. The molecular weight excluding hydrogens is 142 g/mol. The van der Waals surface area contributed by atoms with Crippen molar-refractivity contribution < 1.29 is 13.2 Å². The van der Waals surface area contributed by atoms with Crippen LogP contribution in [-0.2, 0) is 15.5 Å². The second-order valence-corrected chi connectivity index (χ2v) is 2.43. The summed E-state index contributed by atoms with van der Waals surface area (Å²) in [4.78, 5) is 10.3. The Morgan fingerprint density at radius 3 is 2.44 bits per heavy atom. The van der Waals surface area contributed by atoms with Gasteiger partial charge in [-0.3, -0.25) is 4.79 Å². The van der Waals surface area contributed by atoms with E-state index in [-0.39, 0.29) is 11.8 Å². The van der Waals surface area contributed by atoms with Crippen molar-refractivity contribution in [3.05, 3.63) is 0 Å². The van der Waals surface area contributed by atoms with Crippen LogP contribution in [0.5, 0.6) is 0 Å². The van der Waals surface area contributed by atoms with Gasteiger partial charge in [-0.2, -0.15) is 0 Å². The molecule has 54 valence electrons. The van der Waals surface area contributed by atoms with Crippen molar-refractivity contribution in [1.29, 1.82) is 0 Å². The number of carbonyl (C=O) groups is 1. The van der Waals surface area contributed by atoms with Crippen molar-refractivity contribution >= 4 is 16.6 Å². The number of hydrogen-bond donors (Lipinski definition) is 2. The van der Waals surface area contributed by atoms with Crippen LogP contribution in [0.25, 0.3) is 0 Å². The summed E-state index contributed by atoms with van der Waals surface area (Å²) in [5.74, 6) is -0.489. The third kappa shape index (κ3) is 5.29. The maximum absolute atomic E-state index is 10.3. The van der Waals surface area contributed by atoms with Crippen molar-refractivity contribution in [2.24, 2.45) is 0 Å². The van der Waals surface area contributed by atoms with Crippen LogP contribution in [0.1, 0.15) is 13.3 Å². The van der Waals surface area contributed by atoms with Crippen molar-refractivity contribution in [2.45, 2.75) is 13.3 Å². The van der Waals surface area contributed by atoms with Gasteiger partial charge in [-0.1, -0.05) is 6.92 Å². The lowest BCUT2D eigenvalue weighted by atomic mass is 10.5. The molecule has 0 radical (unpaired) electrons. The molecule has 0 saturated heterocycles. The van der Waals surface area contributed by atoms with E-state index >= 15 is 0 Å². The normalized spacial score (nSPS) is 9.56. The molecule has 0 aliphatic carbocycles. The molecule has 4 nitrogen and oxygen atoms in total. The van der Waals surface area contributed by atoms with Gasteiger partial charge in [-0.05, 0) is 0 Å². The molecule has 0 aromatic carbocycles. The van der Waals surface area contributed by atoms with Gasteiger partial charge in [0.15, 0.2) is 10.7 Å². The first-order chi connectivity index (χ1) is 4.16. The van der Waals surface area contributed by atoms with Crippen molar-refractivity contribution in [2.75, 3.05) is 5.88 Å². The van der Waals surface area contributed by atoms with E-state index in [2.05, 4.69) is 5.32 Å². The Morgan fingerprint density at radius 2 is 2.11 bits per heavy atom. The average Bonchev–Trinajstić information content (AvgIpc) is 1.83. The van der Waals surface area contributed by atoms with Crippen LogP contribution in [0.3, 0.4) is 0 Å². The molecule has 0 unspecified atom stereocenters. The highest BCUT2D eigenvalue weighted by Gasteiger charge is 1.93. The monoisotopic (exact) mass is 151 g/mol. The molecule has 5 heteroatoms. The van der Waals surface area contributed by atoms with Crippen molar-refractivity contribution in [3.63, 3.8) is 0 Å². The summed E-state index contributed by atoms with van der Waals surface area (Å²) in [6.45, 7) is 1.66. The van der Waals surface area contributed by atoms with Gasteiger partial charge in [0, 0.05) is 6.42 Å². The first-order valence-electron chi connectivity index (χ1n) is 2.55. The number of rotatable bonds is 3. The van der Waals surface area contributed by atoms with Gasteiger partial charge in [0.2, 0.25) is 5.91 Å². The summed E-state index contributed by atoms with van der Waals surface area (Å²) in [6.07, 6.45) is 0.323. The van der Waals surface area contributed by atoms with Gasteiger partial charge < -0.3 is 5.32 Å². The van der Waals surface area contributed by atoms with E-state index in [9.17, 15) is 13.2 Å². The number of nitrogens with one attached hydrogen (secondary N) is 1. The molecular formula is C4H9NO3S. The molecule has 0 aromatic heterocycles. The maximum atomic E-state index is 10.3. The molecule has 0 spiro atoms. The predicted molar refractivity (Wildman–Crippen MR) is 33.6 cm³/mol. The number of hydrogen-bond acceptors (Lipinski definition) is 3. The fourth-order valence-electron chi connectivity index (χ4n) is 0.278. The van der Waals surface area contributed by atoms with Crippen LogP contribution in [0, 0.1) is 0 Å². The summed E-state index contributed by atoms with van der Waals surface area (Å²) in [5, 5.41) is 2.20. The molecule has 0 bridgehead atoms. The Balaban J connectivity index is 3.39. The number of thiol groups is 1. The van der Waals surface area contributed by atoms with Gasteiger partial charge in [0.25, 0.3) is 0 Å². The number of carbonyl (C=O) groups excluding carboxylic acids is 1. The fraction of sp³-hybridized carbons (Fsp3) is 0.750. The van der Waals surface area contributed by atoms with Crippen molar-refractivity contribution in [1.82, 2.24) is 5.32 Å². The van der Waals surface area contributed by atoms with Gasteiger partial charge in [0.1, 0.15) is 5.88 Å². The fourth-order valence-corrected chi connectivity index (χ4v) is 0.583. The SMILES string of the molecule is CCC(=O)NC[SH](=O)=O. The topological polar surface area (TPSA) is 63.2 Å². The minimum absolute atomic E-state index is 0.241. The number of amides is 1. The Hall–Kier alpha value is -0.580. The zero-order valence-electron chi connectivity index (χ0n) is 5.09. The lowest BCUT2D eigenvalue weighted by molar-refractivity contribution is -0.120. The van der Waals surface area contributed by atoms with Crippen LogP contribution < -0.4 is 5.32 Å². The van der Waals surface area contributed by atoms with Gasteiger partial charge in [-0.25, -0.2) is 8.42 Å². The summed E-state index contributed by atoms with van der Waals surface area (Å²) in [6, 6.07) is 0. The molecule has 0 aliphatic heterocycles. The van der Waals surface area contributed by atoms with E-state index in [1.807, 2.05) is 0 Å². The minimum atomic E-state index is -2.47. The third-order valence-electron chi connectivity index (χ3n) is 0.726. The Bertz CT molecular complexity index is 155. The first kappa shape index (κ1) is 8.42. The zero-order valence-corrected chi connectivity index (χ0v) is 5.98. The molecule has 0 fully saturated rings. The van der Waals surface area contributed by atoms with Crippen LogP contribution in [-0.4, -0.2) is 20.2 Å². The largest absolute Gasteiger partial charge is 0.342 e. The van der Waals surface area contributed by atoms with Gasteiger partial charge >= 0.3 is 0 Å². The molecule has 1 N–H and O–H groups in total. The van der Waals surface area contributed by atoms with Gasteiger partial charge in [-0.15, -0.1) is 0 Å². The van der Waals surface area contributed by atoms with Crippen molar-refractivity contribution in [3.8, 4) is 0 Å². The van der Waals surface area contributed by atoms with Crippen LogP contribution in [0.4, 0.5) is 0 Å². The molecule has 0 saturated carbocycles. The van der Waals surface area contributed by atoms with E-state index < -0.39 is 10.7 Å². The predicted octanol–water partition coefficient (Wildman–Crippen LogP) is -0.919. The third-order valence-corrected chi connectivity index (χ3v) is 1.14. The summed E-state index contributed by atoms with van der Waals surface area (Å²) >= 11 is 0. The second-order valence-electron chi connectivity index (χ2n) is 1.44. The Morgan fingerprint density at radius 1 is 1.56 bits per heavy atom. The smallest absolute Gasteiger partial charge is 0.220 e. The van der Waals surface area contributed by atoms with E-state index in [4.69, 9.17) is 0 Å². The van der Waals surface area contributed by atoms with Gasteiger partial charge in [0.05, 0.1) is 0 Å². The highest BCUT2D eigenvalue weighted by molar-refractivity contribution is 7.72. The van der Waals surface area contributed by atoms with Crippen LogP contribution in [0.15, 0.2) is 0 Å². The highest BCUT2D eigenvalue weighted by Crippen LogP contribution is 1.72.